The Morgan fingerprint density at radius 3 is 0.709 bits per heavy atom. The monoisotopic (exact) mass is 805 g/mol. The summed E-state index contributed by atoms with van der Waals surface area (Å²) in [6, 6.07) is 21.9. The molecule has 0 radical (unpaired) electrons. The molecule has 0 unspecified atom stereocenters. The van der Waals surface area contributed by atoms with E-state index < -0.39 is 0 Å². The summed E-state index contributed by atoms with van der Waals surface area (Å²) in [6.07, 6.45) is 41.8. The highest BCUT2D eigenvalue weighted by Gasteiger charge is 2.16. The molecule has 0 saturated heterocycles. The fourth-order valence-electron chi connectivity index (χ4n) is 7.96. The van der Waals surface area contributed by atoms with Gasteiger partial charge in [0.1, 0.15) is 13.1 Å². The fourth-order valence-corrected chi connectivity index (χ4v) is 7.96. The molecule has 0 N–H and O–H groups in total. The minimum atomic E-state index is 0. The van der Waals surface area contributed by atoms with Crippen molar-refractivity contribution in [3.05, 3.63) is 71.8 Å². The molecule has 2 rings (SSSR count). The van der Waals surface area contributed by atoms with Crippen molar-refractivity contribution in [2.24, 2.45) is 0 Å². The number of unbranched alkanes of at least 4 members (excludes halogenated alkanes) is 27. The summed E-state index contributed by atoms with van der Waals surface area (Å²) in [5.74, 6) is 0. The molecular weight excluding hydrogens is 711 g/mol. The smallest absolute Gasteiger partial charge is 0.104 e. The molecule has 4 heteroatoms. The lowest BCUT2D eigenvalue weighted by Gasteiger charge is -2.30. The summed E-state index contributed by atoms with van der Waals surface area (Å²) in [4.78, 5) is 0. The molecule has 0 fully saturated rings. The molecular formula is C51H94Cl2N2. The minimum Gasteiger partial charge on any atom is -1.00 e. The van der Waals surface area contributed by atoms with Crippen LogP contribution < -0.4 is 24.8 Å². The third-order valence-electron chi connectivity index (χ3n) is 11.4. The molecule has 2 aromatic rings. The number of hydrogen-bond donors (Lipinski definition) is 0. The van der Waals surface area contributed by atoms with Gasteiger partial charge in [-0.25, -0.2) is 0 Å². The molecule has 0 aliphatic heterocycles. The predicted octanol–water partition coefficient (Wildman–Crippen LogP) is 9.89. The highest BCUT2D eigenvalue weighted by molar-refractivity contribution is 5.14. The van der Waals surface area contributed by atoms with Gasteiger partial charge in [-0.15, -0.1) is 0 Å². The normalized spacial score (nSPS) is 11.4. The molecule has 0 saturated carbocycles. The lowest BCUT2D eigenvalue weighted by atomic mass is 10.0. The van der Waals surface area contributed by atoms with Crippen LogP contribution in [0.5, 0.6) is 0 Å². The second kappa shape index (κ2) is 39.8. The number of halogens is 2. The number of quaternary nitrogens is 2. The molecule has 0 atom stereocenters. The van der Waals surface area contributed by atoms with Crippen molar-refractivity contribution in [3.8, 4) is 0 Å². The average Bonchev–Trinajstić information content (AvgIpc) is 3.14. The Labute approximate surface area is 358 Å². The third kappa shape index (κ3) is 38.2. The van der Waals surface area contributed by atoms with E-state index in [-0.39, 0.29) is 24.8 Å². The maximum absolute atomic E-state index is 2.37. The van der Waals surface area contributed by atoms with Gasteiger partial charge in [-0.05, 0) is 25.7 Å². The lowest BCUT2D eigenvalue weighted by Crippen LogP contribution is -3.00. The van der Waals surface area contributed by atoms with Crippen molar-refractivity contribution in [2.75, 3.05) is 41.3 Å². The molecule has 2 nitrogen and oxygen atoms in total. The highest BCUT2D eigenvalue weighted by Crippen LogP contribution is 2.17. The molecule has 0 aliphatic rings. The van der Waals surface area contributed by atoms with Gasteiger partial charge < -0.3 is 33.8 Å². The topological polar surface area (TPSA) is 0 Å². The summed E-state index contributed by atoms with van der Waals surface area (Å²) in [5.41, 5.74) is 2.92. The molecule has 0 heterocycles. The van der Waals surface area contributed by atoms with Crippen LogP contribution in [-0.4, -0.2) is 50.2 Å². The summed E-state index contributed by atoms with van der Waals surface area (Å²) in [7, 11) is 9.48. The van der Waals surface area contributed by atoms with E-state index >= 15 is 0 Å². The van der Waals surface area contributed by atoms with Gasteiger partial charge in [-0.3, -0.25) is 0 Å². The van der Waals surface area contributed by atoms with Gasteiger partial charge in [0, 0.05) is 11.1 Å². The van der Waals surface area contributed by atoms with Crippen LogP contribution in [0.15, 0.2) is 60.7 Å². The standard InChI is InChI=1S/C26H48N.C25H46N.2ClH/c1-4-5-6-7-8-9-10-11-12-13-14-15-16-17-21-24-27(2,3)25-26-22-19-18-20-23-26;1-4-5-6-7-8-9-10-11-12-13-14-15-16-20-23-26(2,3)24-25-21-18-17-19-22-25;;/h18-20,22-23H,4-17,21,24-25H2,1-3H3;17-19,21-22H,4-16,20,23-24H2,1-3H3;2*1H/q2*+1;;/p-2. The van der Waals surface area contributed by atoms with Crippen LogP contribution in [0.4, 0.5) is 0 Å². The van der Waals surface area contributed by atoms with Crippen molar-refractivity contribution >= 4 is 0 Å². The average molecular weight is 806 g/mol. The molecule has 0 bridgehead atoms. The summed E-state index contributed by atoms with van der Waals surface area (Å²) < 4.78 is 2.23. The molecule has 322 valence electrons. The van der Waals surface area contributed by atoms with E-state index in [1.54, 1.807) is 0 Å². The van der Waals surface area contributed by atoms with Crippen molar-refractivity contribution < 1.29 is 33.8 Å². The van der Waals surface area contributed by atoms with E-state index in [9.17, 15) is 0 Å². The van der Waals surface area contributed by atoms with Gasteiger partial charge in [0.2, 0.25) is 0 Å². The first-order valence-corrected chi connectivity index (χ1v) is 23.5. The fraction of sp³-hybridized carbons (Fsp3) is 0.765. The second-order valence-electron chi connectivity index (χ2n) is 18.2. The van der Waals surface area contributed by atoms with Crippen LogP contribution in [0.25, 0.3) is 0 Å². The van der Waals surface area contributed by atoms with E-state index in [0.717, 1.165) is 22.1 Å². The molecule has 2 aromatic carbocycles. The van der Waals surface area contributed by atoms with Crippen LogP contribution in [-0.2, 0) is 13.1 Å². The van der Waals surface area contributed by atoms with Crippen molar-refractivity contribution in [3.63, 3.8) is 0 Å². The molecule has 0 amide bonds. The zero-order valence-corrected chi connectivity index (χ0v) is 39.3. The van der Waals surface area contributed by atoms with Crippen LogP contribution >= 0.6 is 0 Å². The van der Waals surface area contributed by atoms with Gasteiger partial charge in [0.05, 0.1) is 41.3 Å². The van der Waals surface area contributed by atoms with Crippen LogP contribution in [0.3, 0.4) is 0 Å². The van der Waals surface area contributed by atoms with E-state index in [0.29, 0.717) is 0 Å². The first kappa shape index (κ1) is 56.0. The predicted molar refractivity (Wildman–Crippen MR) is 239 cm³/mol. The van der Waals surface area contributed by atoms with Crippen LogP contribution in [0, 0.1) is 0 Å². The first-order chi connectivity index (χ1) is 25.8. The Balaban J connectivity index is 0. The largest absolute Gasteiger partial charge is 1.00 e. The van der Waals surface area contributed by atoms with Crippen LogP contribution in [0.1, 0.15) is 211 Å². The number of hydrogen-bond acceptors (Lipinski definition) is 0. The highest BCUT2D eigenvalue weighted by atomic mass is 35.5. The Hall–Kier alpha value is -1.06. The number of rotatable bonds is 35. The Bertz CT molecular complexity index is 1010. The van der Waals surface area contributed by atoms with Crippen molar-refractivity contribution in [1.82, 2.24) is 0 Å². The van der Waals surface area contributed by atoms with Gasteiger partial charge in [-0.1, -0.05) is 235 Å². The van der Waals surface area contributed by atoms with Gasteiger partial charge in [-0.2, -0.15) is 0 Å². The first-order valence-electron chi connectivity index (χ1n) is 23.5. The van der Waals surface area contributed by atoms with Crippen LogP contribution in [0.2, 0.25) is 0 Å². The quantitative estimate of drug-likeness (QED) is 0.0481. The van der Waals surface area contributed by atoms with Crippen molar-refractivity contribution in [1.29, 1.82) is 0 Å². The van der Waals surface area contributed by atoms with E-state index in [4.69, 9.17) is 0 Å². The number of benzene rings is 2. The molecule has 0 spiro atoms. The molecule has 55 heavy (non-hydrogen) atoms. The lowest BCUT2D eigenvalue weighted by molar-refractivity contribution is -0.903. The van der Waals surface area contributed by atoms with Gasteiger partial charge >= 0.3 is 0 Å². The summed E-state index contributed by atoms with van der Waals surface area (Å²) in [5, 5.41) is 0. The summed E-state index contributed by atoms with van der Waals surface area (Å²) in [6.45, 7) is 9.50. The Morgan fingerprint density at radius 1 is 0.291 bits per heavy atom. The Morgan fingerprint density at radius 2 is 0.491 bits per heavy atom. The van der Waals surface area contributed by atoms with Gasteiger partial charge in [0.15, 0.2) is 0 Å². The molecule has 0 aromatic heterocycles. The number of nitrogens with zero attached hydrogens (tertiary/aromatic N) is 2. The second-order valence-corrected chi connectivity index (χ2v) is 18.2. The Kier molecular flexibility index (Phi) is 40.5. The maximum atomic E-state index is 2.37. The zero-order chi connectivity index (χ0) is 38.6. The third-order valence-corrected chi connectivity index (χ3v) is 11.4. The van der Waals surface area contributed by atoms with E-state index in [2.05, 4.69) is 103 Å². The van der Waals surface area contributed by atoms with E-state index in [1.807, 2.05) is 0 Å². The maximum Gasteiger partial charge on any atom is 0.104 e. The minimum absolute atomic E-state index is 0. The molecule has 0 aliphatic carbocycles. The zero-order valence-electron chi connectivity index (χ0n) is 37.8. The SMILES string of the molecule is CCCCCCCCCCCCCCCCC[N+](C)(C)Cc1ccccc1.CCCCCCCCCCCCCCCC[N+](C)(C)Cc1ccccc1.[Cl-].[Cl-]. The summed E-state index contributed by atoms with van der Waals surface area (Å²) >= 11 is 0. The van der Waals surface area contributed by atoms with Crippen molar-refractivity contribution in [2.45, 2.75) is 213 Å². The van der Waals surface area contributed by atoms with Gasteiger partial charge in [0.25, 0.3) is 0 Å². The van der Waals surface area contributed by atoms with E-state index in [1.165, 1.54) is 210 Å².